The molecule has 0 aliphatic carbocycles. The minimum absolute atomic E-state index is 0.177. The Morgan fingerprint density at radius 1 is 0.903 bits per heavy atom. The van der Waals surface area contributed by atoms with Crippen molar-refractivity contribution >= 4 is 52.8 Å². The molecule has 0 bridgehead atoms. The highest BCUT2D eigenvalue weighted by Crippen LogP contribution is 2.24. The number of hydrogen-bond acceptors (Lipinski definition) is 4. The molecular weight excluding hydrogens is 437 g/mol. The van der Waals surface area contributed by atoms with Crippen molar-refractivity contribution in [1.29, 1.82) is 0 Å². The smallest absolute Gasteiger partial charge is 0.258 e. The third-order valence-electron chi connectivity index (χ3n) is 4.63. The van der Waals surface area contributed by atoms with E-state index >= 15 is 0 Å². The number of rotatable bonds is 6. The van der Waals surface area contributed by atoms with Gasteiger partial charge in [0.2, 0.25) is 0 Å². The van der Waals surface area contributed by atoms with Crippen molar-refractivity contribution < 1.29 is 14.4 Å². The Morgan fingerprint density at radius 3 is 2.19 bits per heavy atom. The number of aromatic nitrogens is 1. The summed E-state index contributed by atoms with van der Waals surface area (Å²) in [5.74, 6) is -0.591. The molecule has 0 saturated heterocycles. The summed E-state index contributed by atoms with van der Waals surface area (Å²) < 4.78 is 0. The number of pyridine rings is 1. The Balaban J connectivity index is 1.81. The van der Waals surface area contributed by atoms with E-state index < -0.39 is 17.2 Å². The summed E-state index contributed by atoms with van der Waals surface area (Å²) in [5.41, 5.74) is 0.994. The molecule has 2 aromatic carbocycles. The number of nitrogens with one attached hydrogen (secondary N) is 2. The molecule has 2 N–H and O–H groups in total. The molecule has 0 spiro atoms. The van der Waals surface area contributed by atoms with Gasteiger partial charge in [0.05, 0.1) is 16.3 Å². The molecule has 1 aromatic heterocycles. The highest BCUT2D eigenvalue weighted by Gasteiger charge is 2.20. The Hall–Kier alpha value is -3.22. The van der Waals surface area contributed by atoms with Crippen molar-refractivity contribution in [1.82, 2.24) is 4.98 Å². The number of nitrogens with zero attached hydrogens (tertiary/aromatic N) is 1. The zero-order valence-electron chi connectivity index (χ0n) is 16.8. The Kier molecular flexibility index (Phi) is 6.73. The Bertz CT molecular complexity index is 1130. The summed E-state index contributed by atoms with van der Waals surface area (Å²) in [4.78, 5) is 40.7. The number of benzene rings is 2. The van der Waals surface area contributed by atoms with Crippen molar-refractivity contribution in [2.24, 2.45) is 0 Å². The van der Waals surface area contributed by atoms with E-state index in [0.29, 0.717) is 21.4 Å². The van der Waals surface area contributed by atoms with Crippen LogP contribution in [0.5, 0.6) is 0 Å². The molecule has 0 fully saturated rings. The highest BCUT2D eigenvalue weighted by atomic mass is 35.5. The van der Waals surface area contributed by atoms with Crippen LogP contribution in [-0.4, -0.2) is 23.1 Å². The van der Waals surface area contributed by atoms with E-state index in [-0.39, 0.29) is 11.3 Å². The number of amides is 2. The molecule has 1 heterocycles. The van der Waals surface area contributed by atoms with Crippen molar-refractivity contribution in [3.05, 3.63) is 87.5 Å². The van der Waals surface area contributed by atoms with E-state index in [1.807, 2.05) is 0 Å². The number of anilines is 2. The van der Waals surface area contributed by atoms with Gasteiger partial charge in [0, 0.05) is 22.2 Å². The molecule has 3 rings (SSSR count). The molecule has 31 heavy (non-hydrogen) atoms. The summed E-state index contributed by atoms with van der Waals surface area (Å²) in [5, 5.41) is 6.16. The lowest BCUT2D eigenvalue weighted by atomic mass is 9.86. The van der Waals surface area contributed by atoms with Gasteiger partial charge >= 0.3 is 0 Å². The van der Waals surface area contributed by atoms with Crippen molar-refractivity contribution in [3.8, 4) is 0 Å². The SMILES string of the molecule is CC(C)(C=O)c1ccc(C(=O)Nc2ccc(Cl)cc2C(=O)Nc2ccc(Cl)cn2)cc1. The largest absolute Gasteiger partial charge is 0.321 e. The van der Waals surface area contributed by atoms with Gasteiger partial charge in [-0.1, -0.05) is 35.3 Å². The topological polar surface area (TPSA) is 88.2 Å². The molecule has 0 aliphatic rings. The molecule has 0 saturated carbocycles. The van der Waals surface area contributed by atoms with Crippen LogP contribution in [-0.2, 0) is 10.2 Å². The number of hydrogen-bond donors (Lipinski definition) is 2. The first-order valence-electron chi connectivity index (χ1n) is 9.30. The molecule has 3 aromatic rings. The van der Waals surface area contributed by atoms with Crippen LogP contribution >= 0.6 is 23.2 Å². The second kappa shape index (κ2) is 9.29. The van der Waals surface area contributed by atoms with Gasteiger partial charge in [0.1, 0.15) is 12.1 Å². The summed E-state index contributed by atoms with van der Waals surface area (Å²) in [6, 6.07) is 14.4. The fourth-order valence-electron chi connectivity index (χ4n) is 2.76. The van der Waals surface area contributed by atoms with Crippen LogP contribution in [0.1, 0.15) is 40.1 Å². The molecule has 6 nitrogen and oxygen atoms in total. The average Bonchev–Trinajstić information content (AvgIpc) is 2.76. The first kappa shape index (κ1) is 22.5. The molecule has 0 unspecified atom stereocenters. The zero-order chi connectivity index (χ0) is 22.6. The molecular formula is C23H19Cl2N3O3. The zero-order valence-corrected chi connectivity index (χ0v) is 18.3. The van der Waals surface area contributed by atoms with Gasteiger partial charge in [-0.2, -0.15) is 0 Å². The van der Waals surface area contributed by atoms with Crippen LogP contribution in [0.3, 0.4) is 0 Å². The lowest BCUT2D eigenvalue weighted by Gasteiger charge is -2.17. The maximum absolute atomic E-state index is 12.8. The van der Waals surface area contributed by atoms with Crippen molar-refractivity contribution in [2.45, 2.75) is 19.3 Å². The molecule has 8 heteroatoms. The first-order valence-corrected chi connectivity index (χ1v) is 10.1. The standard InChI is InChI=1S/C23H19Cl2N3O3/c1-23(2,13-29)15-5-3-14(4-6-15)21(30)27-19-9-7-16(24)11-18(19)22(31)28-20-10-8-17(25)12-26-20/h3-13H,1-2H3,(H,27,30)(H,26,28,31). The molecule has 0 radical (unpaired) electrons. The van der Waals surface area contributed by atoms with Crippen LogP contribution < -0.4 is 10.6 Å². The van der Waals surface area contributed by atoms with Gasteiger partial charge in [-0.3, -0.25) is 9.59 Å². The van der Waals surface area contributed by atoms with Crippen molar-refractivity contribution in [2.75, 3.05) is 10.6 Å². The molecule has 158 valence electrons. The minimum atomic E-state index is -0.647. The highest BCUT2D eigenvalue weighted by molar-refractivity contribution is 6.31. The quantitative estimate of drug-likeness (QED) is 0.489. The van der Waals surface area contributed by atoms with Crippen LogP contribution in [0.4, 0.5) is 11.5 Å². The first-order chi connectivity index (χ1) is 14.7. The van der Waals surface area contributed by atoms with Gasteiger partial charge in [0.15, 0.2) is 0 Å². The third-order valence-corrected chi connectivity index (χ3v) is 5.09. The molecule has 2 amide bonds. The summed E-state index contributed by atoms with van der Waals surface area (Å²) in [6.07, 6.45) is 2.27. The number of aldehydes is 1. The van der Waals surface area contributed by atoms with Crippen LogP contribution in [0.15, 0.2) is 60.8 Å². The van der Waals surface area contributed by atoms with Gasteiger partial charge in [-0.05, 0) is 61.9 Å². The maximum Gasteiger partial charge on any atom is 0.258 e. The van der Waals surface area contributed by atoms with Crippen LogP contribution in [0, 0.1) is 0 Å². The van der Waals surface area contributed by atoms with Crippen molar-refractivity contribution in [3.63, 3.8) is 0 Å². The van der Waals surface area contributed by atoms with Crippen LogP contribution in [0.2, 0.25) is 10.0 Å². The fourth-order valence-corrected chi connectivity index (χ4v) is 3.04. The Labute approximate surface area is 189 Å². The second-order valence-electron chi connectivity index (χ2n) is 7.38. The monoisotopic (exact) mass is 455 g/mol. The van der Waals surface area contributed by atoms with E-state index in [9.17, 15) is 14.4 Å². The summed E-state index contributed by atoms with van der Waals surface area (Å²) >= 11 is 11.9. The lowest BCUT2D eigenvalue weighted by Crippen LogP contribution is -2.20. The normalized spacial score (nSPS) is 11.0. The maximum atomic E-state index is 12.8. The number of carbonyl (C=O) groups is 3. The summed E-state index contributed by atoms with van der Waals surface area (Å²) in [7, 11) is 0. The van der Waals surface area contributed by atoms with Gasteiger partial charge in [-0.25, -0.2) is 4.98 Å². The van der Waals surface area contributed by atoms with E-state index in [1.165, 1.54) is 12.3 Å². The van der Waals surface area contributed by atoms with E-state index in [1.54, 1.807) is 62.4 Å². The van der Waals surface area contributed by atoms with E-state index in [4.69, 9.17) is 23.2 Å². The fraction of sp³-hybridized carbons (Fsp3) is 0.130. The summed E-state index contributed by atoms with van der Waals surface area (Å²) in [6.45, 7) is 3.59. The number of halogens is 2. The van der Waals surface area contributed by atoms with E-state index in [0.717, 1.165) is 11.8 Å². The number of carbonyl (C=O) groups excluding carboxylic acids is 3. The van der Waals surface area contributed by atoms with Gasteiger partial charge < -0.3 is 15.4 Å². The predicted molar refractivity (Wildman–Crippen MR) is 122 cm³/mol. The molecule has 0 atom stereocenters. The predicted octanol–water partition coefficient (Wildman–Crippen LogP) is 5.37. The third kappa shape index (κ3) is 5.48. The average molecular weight is 456 g/mol. The minimum Gasteiger partial charge on any atom is -0.321 e. The second-order valence-corrected chi connectivity index (χ2v) is 8.25. The van der Waals surface area contributed by atoms with Crippen LogP contribution in [0.25, 0.3) is 0 Å². The molecule has 0 aliphatic heterocycles. The van der Waals surface area contributed by atoms with Gasteiger partial charge in [-0.15, -0.1) is 0 Å². The van der Waals surface area contributed by atoms with E-state index in [2.05, 4.69) is 15.6 Å². The lowest BCUT2D eigenvalue weighted by molar-refractivity contribution is -0.111. The Morgan fingerprint density at radius 2 is 1.58 bits per heavy atom. The van der Waals surface area contributed by atoms with Gasteiger partial charge in [0.25, 0.3) is 11.8 Å².